The van der Waals surface area contributed by atoms with Crippen LogP contribution < -0.4 is 16.0 Å². The number of aromatic nitrogens is 2. The van der Waals surface area contributed by atoms with E-state index in [1.807, 2.05) is 4.57 Å². The van der Waals surface area contributed by atoms with E-state index in [1.165, 1.54) is 12.1 Å². The number of anilines is 1. The Morgan fingerprint density at radius 1 is 1.48 bits per heavy atom. The van der Waals surface area contributed by atoms with Crippen molar-refractivity contribution in [1.29, 1.82) is 0 Å². The fourth-order valence-corrected chi connectivity index (χ4v) is 3.30. The van der Waals surface area contributed by atoms with Gasteiger partial charge in [-0.3, -0.25) is 4.79 Å². The lowest BCUT2D eigenvalue weighted by Gasteiger charge is -2.15. The second-order valence-electron chi connectivity index (χ2n) is 5.16. The maximum Gasteiger partial charge on any atom is 0.282 e. The number of hydrogen-bond donors (Lipinski definition) is 2. The van der Waals surface area contributed by atoms with Crippen LogP contribution in [-0.4, -0.2) is 24.5 Å². The Morgan fingerprint density at radius 3 is 2.90 bits per heavy atom. The minimum absolute atomic E-state index is 0.0764. The van der Waals surface area contributed by atoms with E-state index in [9.17, 15) is 13.2 Å². The molecule has 1 unspecified atom stereocenters. The molecule has 21 heavy (non-hydrogen) atoms. The summed E-state index contributed by atoms with van der Waals surface area (Å²) in [7, 11) is -3.84. The monoisotopic (exact) mass is 308 g/mol. The summed E-state index contributed by atoms with van der Waals surface area (Å²) in [4.78, 5) is 16.0. The van der Waals surface area contributed by atoms with Crippen LogP contribution in [-0.2, 0) is 10.0 Å². The molecule has 1 aromatic heterocycles. The molecule has 112 valence electrons. The molecule has 1 aliphatic rings. The molecule has 0 aliphatic carbocycles. The van der Waals surface area contributed by atoms with E-state index in [2.05, 4.69) is 17.2 Å². The van der Waals surface area contributed by atoms with Crippen LogP contribution in [0.1, 0.15) is 25.8 Å². The molecule has 0 saturated carbocycles. The molecule has 7 nitrogen and oxygen atoms in total. The van der Waals surface area contributed by atoms with E-state index in [0.717, 1.165) is 19.4 Å². The van der Waals surface area contributed by atoms with Crippen molar-refractivity contribution >= 4 is 26.9 Å². The van der Waals surface area contributed by atoms with Gasteiger partial charge in [-0.25, -0.2) is 13.6 Å². The summed E-state index contributed by atoms with van der Waals surface area (Å²) in [5.74, 6) is 0.536. The predicted molar refractivity (Wildman–Crippen MR) is 79.8 cm³/mol. The Labute approximate surface area is 121 Å². The number of sulfonamides is 1. The first-order chi connectivity index (χ1) is 9.91. The first kappa shape index (κ1) is 14.0. The Morgan fingerprint density at radius 2 is 2.24 bits per heavy atom. The molecule has 1 aromatic carbocycles. The van der Waals surface area contributed by atoms with E-state index < -0.39 is 15.6 Å². The molecule has 0 spiro atoms. The highest BCUT2D eigenvalue weighted by Gasteiger charge is 2.24. The number of nitrogens with two attached hydrogens (primary N) is 1. The summed E-state index contributed by atoms with van der Waals surface area (Å²) in [6.07, 6.45) is 1.96. The van der Waals surface area contributed by atoms with Crippen molar-refractivity contribution < 1.29 is 8.42 Å². The van der Waals surface area contributed by atoms with Crippen molar-refractivity contribution in [3.05, 3.63) is 28.6 Å². The Balaban J connectivity index is 2.30. The zero-order valence-corrected chi connectivity index (χ0v) is 12.4. The largest absolute Gasteiger partial charge is 0.353 e. The van der Waals surface area contributed by atoms with E-state index in [1.54, 1.807) is 6.07 Å². The van der Waals surface area contributed by atoms with E-state index in [0.29, 0.717) is 11.5 Å². The third-order valence-electron chi connectivity index (χ3n) is 3.70. The van der Waals surface area contributed by atoms with Crippen molar-refractivity contribution in [2.75, 3.05) is 11.9 Å². The van der Waals surface area contributed by atoms with Gasteiger partial charge in [0.15, 0.2) is 0 Å². The van der Waals surface area contributed by atoms with Crippen LogP contribution in [0.4, 0.5) is 5.95 Å². The first-order valence-corrected chi connectivity index (χ1v) is 8.29. The second kappa shape index (κ2) is 4.81. The highest BCUT2D eigenvalue weighted by Crippen LogP contribution is 2.29. The smallest absolute Gasteiger partial charge is 0.282 e. The molecule has 8 heteroatoms. The molecule has 2 aromatic rings. The molecule has 1 aliphatic heterocycles. The number of nitrogens with one attached hydrogen (secondary N) is 1. The van der Waals surface area contributed by atoms with Gasteiger partial charge in [0.25, 0.3) is 5.56 Å². The Hall–Kier alpha value is -1.93. The number of rotatable bonds is 3. The van der Waals surface area contributed by atoms with Crippen molar-refractivity contribution in [2.45, 2.75) is 30.7 Å². The SMILES string of the molecule is CCCC1CNc2nc(=O)c3cc(S(N)(=O)=O)ccc3n21. The molecule has 3 rings (SSSR count). The van der Waals surface area contributed by atoms with Crippen LogP contribution in [0.25, 0.3) is 10.9 Å². The molecular formula is C13H16N4O3S. The average Bonchev–Trinajstić information content (AvgIpc) is 2.81. The summed E-state index contributed by atoms with van der Waals surface area (Å²) in [5.41, 5.74) is 0.229. The zero-order chi connectivity index (χ0) is 15.2. The molecular weight excluding hydrogens is 292 g/mol. The van der Waals surface area contributed by atoms with Gasteiger partial charge in [-0.1, -0.05) is 13.3 Å². The van der Waals surface area contributed by atoms with Crippen molar-refractivity contribution in [1.82, 2.24) is 9.55 Å². The van der Waals surface area contributed by atoms with E-state index >= 15 is 0 Å². The summed E-state index contributed by atoms with van der Waals surface area (Å²) in [5, 5.41) is 8.51. The lowest BCUT2D eigenvalue weighted by molar-refractivity contribution is 0.529. The number of hydrogen-bond acceptors (Lipinski definition) is 5. The van der Waals surface area contributed by atoms with Crippen LogP contribution in [0.15, 0.2) is 27.9 Å². The van der Waals surface area contributed by atoms with Gasteiger partial charge < -0.3 is 9.88 Å². The Bertz CT molecular complexity index is 873. The molecule has 1 atom stereocenters. The quantitative estimate of drug-likeness (QED) is 0.872. The molecule has 0 bridgehead atoms. The topological polar surface area (TPSA) is 107 Å². The normalized spacial score (nSPS) is 17.7. The van der Waals surface area contributed by atoms with Gasteiger partial charge in [0.05, 0.1) is 21.8 Å². The minimum atomic E-state index is -3.84. The average molecular weight is 308 g/mol. The van der Waals surface area contributed by atoms with Crippen LogP contribution >= 0.6 is 0 Å². The summed E-state index contributed by atoms with van der Waals surface area (Å²) < 4.78 is 24.8. The molecule has 2 heterocycles. The number of fused-ring (bicyclic) bond motifs is 3. The second-order valence-corrected chi connectivity index (χ2v) is 6.72. The highest BCUT2D eigenvalue weighted by molar-refractivity contribution is 7.89. The number of benzene rings is 1. The summed E-state index contributed by atoms with van der Waals surface area (Å²) in [6.45, 7) is 2.81. The molecule has 3 N–H and O–H groups in total. The maximum atomic E-state index is 12.1. The fourth-order valence-electron chi connectivity index (χ4n) is 2.76. The highest BCUT2D eigenvalue weighted by atomic mass is 32.2. The van der Waals surface area contributed by atoms with Crippen molar-refractivity contribution in [3.8, 4) is 0 Å². The lowest BCUT2D eigenvalue weighted by atomic mass is 10.1. The molecule has 0 fully saturated rings. The van der Waals surface area contributed by atoms with Gasteiger partial charge >= 0.3 is 0 Å². The lowest BCUT2D eigenvalue weighted by Crippen LogP contribution is -2.17. The van der Waals surface area contributed by atoms with Crippen molar-refractivity contribution in [2.24, 2.45) is 5.14 Å². The number of primary sulfonamides is 1. The van der Waals surface area contributed by atoms with Crippen LogP contribution in [0.2, 0.25) is 0 Å². The van der Waals surface area contributed by atoms with Gasteiger partial charge in [-0.15, -0.1) is 0 Å². The standard InChI is InChI=1S/C13H16N4O3S/c1-2-3-8-7-15-13-16-12(18)10-6-9(21(14,19)20)4-5-11(10)17(8)13/h4-6,8H,2-3,7H2,1H3,(H2,14,19,20)(H,15,16,18). The summed E-state index contributed by atoms with van der Waals surface area (Å²) >= 11 is 0. The minimum Gasteiger partial charge on any atom is -0.353 e. The number of nitrogens with zero attached hydrogens (tertiary/aromatic N) is 2. The van der Waals surface area contributed by atoms with Crippen LogP contribution in [0.3, 0.4) is 0 Å². The fraction of sp³-hybridized carbons (Fsp3) is 0.385. The van der Waals surface area contributed by atoms with Crippen molar-refractivity contribution in [3.63, 3.8) is 0 Å². The van der Waals surface area contributed by atoms with Gasteiger partial charge in [0.2, 0.25) is 16.0 Å². The van der Waals surface area contributed by atoms with Gasteiger partial charge in [-0.05, 0) is 24.6 Å². The molecule has 0 amide bonds. The molecule has 0 saturated heterocycles. The third-order valence-corrected chi connectivity index (χ3v) is 4.62. The van der Waals surface area contributed by atoms with Gasteiger partial charge in [0, 0.05) is 6.54 Å². The van der Waals surface area contributed by atoms with Gasteiger partial charge in [-0.2, -0.15) is 4.98 Å². The van der Waals surface area contributed by atoms with E-state index in [4.69, 9.17) is 5.14 Å². The van der Waals surface area contributed by atoms with E-state index in [-0.39, 0.29) is 16.3 Å². The summed E-state index contributed by atoms with van der Waals surface area (Å²) in [6, 6.07) is 4.55. The first-order valence-electron chi connectivity index (χ1n) is 6.75. The predicted octanol–water partition coefficient (Wildman–Crippen LogP) is 0.811. The van der Waals surface area contributed by atoms with Crippen LogP contribution in [0.5, 0.6) is 0 Å². The molecule has 0 radical (unpaired) electrons. The van der Waals surface area contributed by atoms with Crippen LogP contribution in [0, 0.1) is 0 Å². The Kier molecular flexibility index (Phi) is 3.22. The third kappa shape index (κ3) is 2.30. The maximum absolute atomic E-state index is 12.1. The van der Waals surface area contributed by atoms with Gasteiger partial charge in [0.1, 0.15) is 0 Å². The zero-order valence-electron chi connectivity index (χ0n) is 11.5.